The van der Waals surface area contributed by atoms with Crippen molar-refractivity contribution in [2.45, 2.75) is 18.9 Å². The lowest BCUT2D eigenvalue weighted by molar-refractivity contribution is -0.134. The molecule has 10 heavy (non-hydrogen) atoms. The Labute approximate surface area is 57.9 Å². The van der Waals surface area contributed by atoms with E-state index in [1.807, 2.05) is 0 Å². The highest BCUT2D eigenvalue weighted by Crippen LogP contribution is 2.01. The van der Waals surface area contributed by atoms with Gasteiger partial charge in [0.25, 0.3) is 0 Å². The third-order valence-corrected chi connectivity index (χ3v) is 1.44. The molecule has 1 aliphatic heterocycles. The van der Waals surface area contributed by atoms with Gasteiger partial charge in [0.1, 0.15) is 6.04 Å². The third kappa shape index (κ3) is 1.31. The molecule has 0 spiro atoms. The average molecular weight is 143 g/mol. The molecule has 0 aromatic heterocycles. The zero-order valence-electron chi connectivity index (χ0n) is 5.39. The van der Waals surface area contributed by atoms with Gasteiger partial charge in [-0.3, -0.25) is 20.7 Å². The number of nitrogens with one attached hydrogen (secondary N) is 2. The van der Waals surface area contributed by atoms with E-state index in [1.165, 1.54) is 0 Å². The molecule has 0 saturated carbocycles. The van der Waals surface area contributed by atoms with Crippen LogP contribution in [0.25, 0.3) is 0 Å². The van der Waals surface area contributed by atoms with Crippen molar-refractivity contribution >= 4 is 11.8 Å². The summed E-state index contributed by atoms with van der Waals surface area (Å²) in [6.45, 7) is 0. The topological polar surface area (TPSA) is 84.2 Å². The maximum Gasteiger partial charge on any atom is 0.245 e. The molecule has 5 nitrogen and oxygen atoms in total. The molecule has 5 heteroatoms. The normalized spacial score (nSPS) is 26.3. The number of hydrogen-bond donors (Lipinski definition) is 3. The third-order valence-electron chi connectivity index (χ3n) is 1.44. The van der Waals surface area contributed by atoms with Crippen LogP contribution in [-0.4, -0.2) is 17.9 Å². The van der Waals surface area contributed by atoms with Gasteiger partial charge in [-0.05, 0) is 6.42 Å². The van der Waals surface area contributed by atoms with Crippen LogP contribution in [0.5, 0.6) is 0 Å². The average Bonchev–Trinajstić information content (AvgIpc) is 1.88. The van der Waals surface area contributed by atoms with Crippen molar-refractivity contribution in [1.82, 2.24) is 10.7 Å². The number of hydrogen-bond acceptors (Lipinski definition) is 4. The monoisotopic (exact) mass is 143 g/mol. The molecule has 0 aromatic rings. The summed E-state index contributed by atoms with van der Waals surface area (Å²) in [5.41, 5.74) is 2.31. The standard InChI is InChI=1S/C5H9N3O2/c6-8-3-1-2-4(9)7-5(3)10/h3,8H,1-2,6H2,(H,7,9,10)/t3-/m0/s1. The van der Waals surface area contributed by atoms with Crippen LogP contribution in [-0.2, 0) is 9.59 Å². The van der Waals surface area contributed by atoms with Crippen LogP contribution in [0.3, 0.4) is 0 Å². The van der Waals surface area contributed by atoms with Crippen LogP contribution in [0.15, 0.2) is 0 Å². The first kappa shape index (κ1) is 7.17. The van der Waals surface area contributed by atoms with Crippen molar-refractivity contribution < 1.29 is 9.59 Å². The van der Waals surface area contributed by atoms with Crippen LogP contribution in [0.4, 0.5) is 0 Å². The fourth-order valence-electron chi connectivity index (χ4n) is 0.853. The maximum absolute atomic E-state index is 10.8. The second-order valence-corrected chi connectivity index (χ2v) is 2.17. The van der Waals surface area contributed by atoms with Gasteiger partial charge in [-0.25, -0.2) is 5.43 Å². The maximum atomic E-state index is 10.8. The molecular formula is C5H9N3O2. The number of nitrogens with two attached hydrogens (primary N) is 1. The molecule has 1 aliphatic rings. The molecule has 2 amide bonds. The fraction of sp³-hybridized carbons (Fsp3) is 0.600. The lowest BCUT2D eigenvalue weighted by Crippen LogP contribution is -2.52. The van der Waals surface area contributed by atoms with Crippen LogP contribution in [0.2, 0.25) is 0 Å². The lowest BCUT2D eigenvalue weighted by atomic mass is 10.1. The summed E-state index contributed by atoms with van der Waals surface area (Å²) in [6.07, 6.45) is 0.849. The molecule has 0 unspecified atom stereocenters. The molecule has 1 heterocycles. The predicted molar refractivity (Wildman–Crippen MR) is 33.5 cm³/mol. The summed E-state index contributed by atoms with van der Waals surface area (Å²) in [4.78, 5) is 21.3. The Morgan fingerprint density at radius 2 is 2.30 bits per heavy atom. The minimum Gasteiger partial charge on any atom is -0.295 e. The van der Waals surface area contributed by atoms with Gasteiger partial charge in [0.15, 0.2) is 0 Å². The summed E-state index contributed by atoms with van der Waals surface area (Å²) in [6, 6.07) is -0.405. The highest BCUT2D eigenvalue weighted by molar-refractivity contribution is 6.00. The first-order valence-electron chi connectivity index (χ1n) is 3.04. The van der Waals surface area contributed by atoms with E-state index >= 15 is 0 Å². The van der Waals surface area contributed by atoms with Gasteiger partial charge in [0, 0.05) is 6.42 Å². The number of carbonyl (C=O) groups is 2. The van der Waals surface area contributed by atoms with Gasteiger partial charge in [-0.1, -0.05) is 0 Å². The van der Waals surface area contributed by atoms with Crippen LogP contribution in [0, 0.1) is 0 Å². The minimum atomic E-state index is -0.405. The molecule has 1 saturated heterocycles. The van der Waals surface area contributed by atoms with Crippen molar-refractivity contribution in [2.75, 3.05) is 0 Å². The van der Waals surface area contributed by atoms with E-state index in [-0.39, 0.29) is 11.8 Å². The Morgan fingerprint density at radius 3 is 2.80 bits per heavy atom. The Morgan fingerprint density at radius 1 is 1.60 bits per heavy atom. The fourth-order valence-corrected chi connectivity index (χ4v) is 0.853. The SMILES string of the molecule is NN[C@H]1CCC(=O)NC1=O. The van der Waals surface area contributed by atoms with Crippen molar-refractivity contribution in [3.63, 3.8) is 0 Å². The van der Waals surface area contributed by atoms with E-state index in [2.05, 4.69) is 10.7 Å². The Kier molecular flexibility index (Phi) is 1.98. The summed E-state index contributed by atoms with van der Waals surface area (Å²) >= 11 is 0. The summed E-state index contributed by atoms with van der Waals surface area (Å²) in [5, 5.41) is 2.16. The molecule has 0 aromatic carbocycles. The Bertz CT molecular complexity index is 168. The Balaban J connectivity index is 2.51. The smallest absolute Gasteiger partial charge is 0.245 e. The van der Waals surface area contributed by atoms with Gasteiger partial charge in [-0.15, -0.1) is 0 Å². The van der Waals surface area contributed by atoms with E-state index in [0.717, 1.165) is 0 Å². The summed E-state index contributed by atoms with van der Waals surface area (Å²) in [5.74, 6) is 4.46. The highest BCUT2D eigenvalue weighted by Gasteiger charge is 2.24. The number of piperidine rings is 1. The predicted octanol–water partition coefficient (Wildman–Crippen LogP) is -1.75. The largest absolute Gasteiger partial charge is 0.295 e. The number of amides is 2. The van der Waals surface area contributed by atoms with Gasteiger partial charge in [0.05, 0.1) is 0 Å². The molecule has 1 atom stereocenters. The number of rotatable bonds is 1. The van der Waals surface area contributed by atoms with E-state index in [1.54, 1.807) is 0 Å². The van der Waals surface area contributed by atoms with Gasteiger partial charge >= 0.3 is 0 Å². The van der Waals surface area contributed by atoms with Gasteiger partial charge < -0.3 is 0 Å². The van der Waals surface area contributed by atoms with Crippen molar-refractivity contribution in [1.29, 1.82) is 0 Å². The van der Waals surface area contributed by atoms with Crippen molar-refractivity contribution in [3.05, 3.63) is 0 Å². The highest BCUT2D eigenvalue weighted by atomic mass is 16.2. The number of carbonyl (C=O) groups excluding carboxylic acids is 2. The van der Waals surface area contributed by atoms with Gasteiger partial charge in [-0.2, -0.15) is 0 Å². The van der Waals surface area contributed by atoms with E-state index < -0.39 is 6.04 Å². The molecule has 1 fully saturated rings. The molecule has 4 N–H and O–H groups in total. The van der Waals surface area contributed by atoms with E-state index in [4.69, 9.17) is 5.84 Å². The zero-order chi connectivity index (χ0) is 7.56. The molecule has 0 bridgehead atoms. The minimum absolute atomic E-state index is 0.225. The lowest BCUT2D eigenvalue weighted by Gasteiger charge is -2.18. The van der Waals surface area contributed by atoms with Crippen molar-refractivity contribution in [2.24, 2.45) is 5.84 Å². The Hall–Kier alpha value is -0.940. The molecule has 1 rings (SSSR count). The van der Waals surface area contributed by atoms with Crippen molar-refractivity contribution in [3.8, 4) is 0 Å². The summed E-state index contributed by atoms with van der Waals surface area (Å²) in [7, 11) is 0. The second kappa shape index (κ2) is 2.76. The van der Waals surface area contributed by atoms with Crippen LogP contribution >= 0.6 is 0 Å². The zero-order valence-corrected chi connectivity index (χ0v) is 5.39. The van der Waals surface area contributed by atoms with Gasteiger partial charge in [0.2, 0.25) is 11.8 Å². The van der Waals surface area contributed by atoms with Crippen LogP contribution < -0.4 is 16.6 Å². The number of hydrazine groups is 1. The number of imide groups is 1. The second-order valence-electron chi connectivity index (χ2n) is 2.17. The van der Waals surface area contributed by atoms with Crippen LogP contribution in [0.1, 0.15) is 12.8 Å². The molecule has 0 aliphatic carbocycles. The first-order chi connectivity index (χ1) is 4.74. The molecule has 56 valence electrons. The molecular weight excluding hydrogens is 134 g/mol. The van der Waals surface area contributed by atoms with E-state index in [0.29, 0.717) is 12.8 Å². The first-order valence-corrected chi connectivity index (χ1v) is 3.04. The molecule has 0 radical (unpaired) electrons. The van der Waals surface area contributed by atoms with E-state index in [9.17, 15) is 9.59 Å². The summed E-state index contributed by atoms with van der Waals surface area (Å²) < 4.78 is 0. The quantitative estimate of drug-likeness (QED) is 0.231.